The van der Waals surface area contributed by atoms with Crippen molar-refractivity contribution in [3.05, 3.63) is 18.3 Å². The normalized spacial score (nSPS) is 17.3. The summed E-state index contributed by atoms with van der Waals surface area (Å²) >= 11 is 0. The molecule has 6 heteroatoms. The van der Waals surface area contributed by atoms with Gasteiger partial charge in [-0.2, -0.15) is 4.98 Å². The molecule has 2 heterocycles. The molecule has 0 amide bonds. The Morgan fingerprint density at radius 2 is 2.41 bits per heavy atom. The Hall–Kier alpha value is -1.69. The van der Waals surface area contributed by atoms with Crippen molar-refractivity contribution in [3.63, 3.8) is 0 Å². The second-order valence-electron chi connectivity index (χ2n) is 4.48. The molecule has 1 saturated carbocycles. The summed E-state index contributed by atoms with van der Waals surface area (Å²) in [6.45, 7) is 0. The van der Waals surface area contributed by atoms with Crippen molar-refractivity contribution in [1.82, 2.24) is 19.7 Å². The minimum absolute atomic E-state index is 0.357. The molecule has 1 N–H and O–H groups in total. The lowest BCUT2D eigenvalue weighted by Gasteiger charge is -2.03. The summed E-state index contributed by atoms with van der Waals surface area (Å²) in [4.78, 5) is 8.38. The molecule has 0 spiro atoms. The molecule has 1 aliphatic carbocycles. The fourth-order valence-corrected chi connectivity index (χ4v) is 1.84. The van der Waals surface area contributed by atoms with E-state index in [1.165, 1.54) is 0 Å². The standard InChI is InChI=1S/C11H14N4O2/c1-15-5-4-12-11(15)10-13-9(17-14-10)6-8(16)7-2-3-7/h4-5,7-8,16H,2-3,6H2,1H3. The minimum Gasteiger partial charge on any atom is -0.392 e. The van der Waals surface area contributed by atoms with Crippen LogP contribution < -0.4 is 0 Å². The molecule has 3 rings (SSSR count). The third-order valence-corrected chi connectivity index (χ3v) is 3.04. The van der Waals surface area contributed by atoms with Crippen LogP contribution >= 0.6 is 0 Å². The summed E-state index contributed by atoms with van der Waals surface area (Å²) in [6.07, 6.45) is 5.78. The SMILES string of the molecule is Cn1ccnc1-c1noc(CC(O)C2CC2)n1. The van der Waals surface area contributed by atoms with Crippen LogP contribution in [0.4, 0.5) is 0 Å². The summed E-state index contributed by atoms with van der Waals surface area (Å²) in [5.74, 6) is 2.03. The van der Waals surface area contributed by atoms with Crippen LogP contribution in [0.15, 0.2) is 16.9 Å². The molecule has 1 atom stereocenters. The third-order valence-electron chi connectivity index (χ3n) is 3.04. The highest BCUT2D eigenvalue weighted by molar-refractivity contribution is 5.42. The van der Waals surface area contributed by atoms with Gasteiger partial charge in [0.1, 0.15) is 0 Å². The van der Waals surface area contributed by atoms with Gasteiger partial charge in [-0.3, -0.25) is 0 Å². The minimum atomic E-state index is -0.357. The van der Waals surface area contributed by atoms with Crippen LogP contribution in [0.2, 0.25) is 0 Å². The molecule has 0 aliphatic heterocycles. The molecular weight excluding hydrogens is 220 g/mol. The fraction of sp³-hybridized carbons (Fsp3) is 0.545. The Labute approximate surface area is 98.3 Å². The predicted octanol–water partition coefficient (Wildman–Crippen LogP) is 0.783. The first-order chi connectivity index (χ1) is 8.24. The second-order valence-corrected chi connectivity index (χ2v) is 4.48. The molecule has 2 aromatic heterocycles. The van der Waals surface area contributed by atoms with Crippen molar-refractivity contribution in [2.45, 2.75) is 25.4 Å². The highest BCUT2D eigenvalue weighted by Gasteiger charge is 2.31. The van der Waals surface area contributed by atoms with Gasteiger partial charge in [-0.05, 0) is 18.8 Å². The monoisotopic (exact) mass is 234 g/mol. The Bertz CT molecular complexity index is 515. The second kappa shape index (κ2) is 3.96. The summed E-state index contributed by atoms with van der Waals surface area (Å²) < 4.78 is 6.94. The van der Waals surface area contributed by atoms with Crippen LogP contribution in [-0.2, 0) is 13.5 Å². The van der Waals surface area contributed by atoms with E-state index in [-0.39, 0.29) is 6.10 Å². The third kappa shape index (κ3) is 2.08. The number of aromatic nitrogens is 4. The molecule has 6 nitrogen and oxygen atoms in total. The van der Waals surface area contributed by atoms with Crippen LogP contribution in [0.25, 0.3) is 11.6 Å². The zero-order valence-corrected chi connectivity index (χ0v) is 9.58. The van der Waals surface area contributed by atoms with E-state index >= 15 is 0 Å². The van der Waals surface area contributed by atoms with Gasteiger partial charge in [0.2, 0.25) is 11.7 Å². The van der Waals surface area contributed by atoms with Crippen molar-refractivity contribution in [1.29, 1.82) is 0 Å². The van der Waals surface area contributed by atoms with Crippen LogP contribution in [0.3, 0.4) is 0 Å². The van der Waals surface area contributed by atoms with E-state index in [0.717, 1.165) is 12.8 Å². The van der Waals surface area contributed by atoms with E-state index in [4.69, 9.17) is 4.52 Å². The molecule has 0 radical (unpaired) electrons. The van der Waals surface area contributed by atoms with E-state index in [1.54, 1.807) is 6.20 Å². The van der Waals surface area contributed by atoms with Crippen molar-refractivity contribution < 1.29 is 9.63 Å². The molecule has 2 aromatic rings. The first-order valence-electron chi connectivity index (χ1n) is 5.72. The Kier molecular flexibility index (Phi) is 2.44. The smallest absolute Gasteiger partial charge is 0.238 e. The molecule has 90 valence electrons. The fourth-order valence-electron chi connectivity index (χ4n) is 1.84. The lowest BCUT2D eigenvalue weighted by Crippen LogP contribution is -2.12. The van der Waals surface area contributed by atoms with Crippen molar-refractivity contribution >= 4 is 0 Å². The molecule has 0 aromatic carbocycles. The quantitative estimate of drug-likeness (QED) is 0.846. The molecule has 0 saturated heterocycles. The molecular formula is C11H14N4O2. The molecule has 1 unspecified atom stereocenters. The van der Waals surface area contributed by atoms with Gasteiger partial charge in [0, 0.05) is 19.4 Å². The Balaban J connectivity index is 1.76. The average molecular weight is 234 g/mol. The van der Waals surface area contributed by atoms with Gasteiger partial charge in [-0.15, -0.1) is 0 Å². The summed E-state index contributed by atoms with van der Waals surface area (Å²) in [5, 5.41) is 13.7. The van der Waals surface area contributed by atoms with Crippen molar-refractivity contribution in [2.75, 3.05) is 0 Å². The highest BCUT2D eigenvalue weighted by Crippen LogP contribution is 2.33. The van der Waals surface area contributed by atoms with Gasteiger partial charge >= 0.3 is 0 Å². The van der Waals surface area contributed by atoms with E-state index in [2.05, 4.69) is 15.1 Å². The number of nitrogens with zero attached hydrogens (tertiary/aromatic N) is 4. The molecule has 1 aliphatic rings. The molecule has 17 heavy (non-hydrogen) atoms. The van der Waals surface area contributed by atoms with Crippen LogP contribution in [0, 0.1) is 5.92 Å². The maximum atomic E-state index is 9.79. The number of aliphatic hydroxyl groups is 1. The molecule has 1 fully saturated rings. The van der Waals surface area contributed by atoms with E-state index in [9.17, 15) is 5.11 Å². The van der Waals surface area contributed by atoms with Crippen LogP contribution in [0.5, 0.6) is 0 Å². The highest BCUT2D eigenvalue weighted by atomic mass is 16.5. The van der Waals surface area contributed by atoms with Gasteiger partial charge < -0.3 is 14.2 Å². The zero-order chi connectivity index (χ0) is 11.8. The Morgan fingerprint density at radius 3 is 3.06 bits per heavy atom. The molecule has 0 bridgehead atoms. The number of imidazole rings is 1. The average Bonchev–Trinajstić information content (AvgIpc) is 2.93. The largest absolute Gasteiger partial charge is 0.392 e. The number of rotatable bonds is 4. The lowest BCUT2D eigenvalue weighted by atomic mass is 10.2. The maximum absolute atomic E-state index is 9.79. The van der Waals surface area contributed by atoms with Gasteiger partial charge in [0.15, 0.2) is 5.82 Å². The first-order valence-corrected chi connectivity index (χ1v) is 5.72. The van der Waals surface area contributed by atoms with Gasteiger partial charge in [0.05, 0.1) is 12.5 Å². The van der Waals surface area contributed by atoms with Crippen LogP contribution in [-0.4, -0.2) is 30.9 Å². The Morgan fingerprint density at radius 1 is 1.59 bits per heavy atom. The van der Waals surface area contributed by atoms with Gasteiger partial charge in [0.25, 0.3) is 0 Å². The zero-order valence-electron chi connectivity index (χ0n) is 9.58. The van der Waals surface area contributed by atoms with Gasteiger partial charge in [-0.25, -0.2) is 4.98 Å². The number of aryl methyl sites for hydroxylation is 1. The number of hydrogen-bond donors (Lipinski definition) is 1. The van der Waals surface area contributed by atoms with E-state index < -0.39 is 0 Å². The number of aliphatic hydroxyl groups excluding tert-OH is 1. The lowest BCUT2D eigenvalue weighted by molar-refractivity contribution is 0.140. The van der Waals surface area contributed by atoms with Crippen molar-refractivity contribution in [2.24, 2.45) is 13.0 Å². The summed E-state index contributed by atoms with van der Waals surface area (Å²) in [5.41, 5.74) is 0. The summed E-state index contributed by atoms with van der Waals surface area (Å²) in [7, 11) is 1.87. The topological polar surface area (TPSA) is 77.0 Å². The maximum Gasteiger partial charge on any atom is 0.238 e. The summed E-state index contributed by atoms with van der Waals surface area (Å²) in [6, 6.07) is 0. The van der Waals surface area contributed by atoms with Crippen LogP contribution in [0.1, 0.15) is 18.7 Å². The number of hydrogen-bond acceptors (Lipinski definition) is 5. The van der Waals surface area contributed by atoms with E-state index in [0.29, 0.717) is 29.9 Å². The predicted molar refractivity (Wildman–Crippen MR) is 58.9 cm³/mol. The van der Waals surface area contributed by atoms with Crippen molar-refractivity contribution in [3.8, 4) is 11.6 Å². The first kappa shape index (κ1) is 10.5. The van der Waals surface area contributed by atoms with E-state index in [1.807, 2.05) is 17.8 Å². The van der Waals surface area contributed by atoms with Gasteiger partial charge in [-0.1, -0.05) is 5.16 Å².